The van der Waals surface area contributed by atoms with Crippen LogP contribution < -0.4 is 5.73 Å². The lowest BCUT2D eigenvalue weighted by molar-refractivity contribution is 0.473. The summed E-state index contributed by atoms with van der Waals surface area (Å²) in [6.07, 6.45) is 3.40. The van der Waals surface area contributed by atoms with Gasteiger partial charge in [-0.15, -0.1) is 0 Å². The molecular weight excluding hydrogens is 224 g/mol. The first-order valence-electron chi connectivity index (χ1n) is 5.27. The molecule has 3 nitrogen and oxygen atoms in total. The molecule has 2 N–H and O–H groups in total. The predicted molar refractivity (Wildman–Crippen MR) is 60.3 cm³/mol. The molecule has 1 aromatic heterocycles. The maximum absolute atomic E-state index is 13.5. The minimum absolute atomic E-state index is 0.179. The lowest BCUT2D eigenvalue weighted by atomic mass is 10.1. The summed E-state index contributed by atoms with van der Waals surface area (Å²) in [4.78, 5) is 4.04. The Morgan fingerprint density at radius 1 is 1.41 bits per heavy atom. The summed E-state index contributed by atoms with van der Waals surface area (Å²) in [6, 6.07) is 3.43. The average Bonchev–Trinajstić information content (AvgIpc) is 2.68. The van der Waals surface area contributed by atoms with E-state index in [9.17, 15) is 8.78 Å². The number of imidazole rings is 1. The number of aryl methyl sites for hydroxylation is 1. The molecule has 0 aliphatic carbocycles. The zero-order valence-electron chi connectivity index (χ0n) is 9.40. The van der Waals surface area contributed by atoms with Gasteiger partial charge in [0, 0.05) is 24.5 Å². The number of nitrogens with zero attached hydrogens (tertiary/aromatic N) is 2. The van der Waals surface area contributed by atoms with Gasteiger partial charge >= 0.3 is 0 Å². The van der Waals surface area contributed by atoms with Crippen LogP contribution in [0.1, 0.15) is 17.4 Å². The Morgan fingerprint density at radius 2 is 2.18 bits per heavy atom. The molecule has 0 amide bonds. The van der Waals surface area contributed by atoms with Crippen LogP contribution in [-0.2, 0) is 6.54 Å². The summed E-state index contributed by atoms with van der Waals surface area (Å²) in [7, 11) is 0. The molecule has 1 heterocycles. The summed E-state index contributed by atoms with van der Waals surface area (Å²) >= 11 is 0. The minimum atomic E-state index is -0.877. The van der Waals surface area contributed by atoms with Gasteiger partial charge in [0.2, 0.25) is 0 Å². The zero-order valence-corrected chi connectivity index (χ0v) is 9.40. The second-order valence-electron chi connectivity index (χ2n) is 3.88. The monoisotopic (exact) mass is 237 g/mol. The van der Waals surface area contributed by atoms with Gasteiger partial charge < -0.3 is 10.3 Å². The van der Waals surface area contributed by atoms with E-state index in [1.165, 1.54) is 12.1 Å². The van der Waals surface area contributed by atoms with E-state index in [0.29, 0.717) is 6.54 Å². The van der Waals surface area contributed by atoms with E-state index in [2.05, 4.69) is 4.98 Å². The summed E-state index contributed by atoms with van der Waals surface area (Å²) < 4.78 is 28.3. The molecule has 2 aromatic rings. The number of nitrogens with two attached hydrogens (primary N) is 1. The van der Waals surface area contributed by atoms with Crippen LogP contribution in [0, 0.1) is 18.6 Å². The normalized spacial score (nSPS) is 12.7. The van der Waals surface area contributed by atoms with Crippen molar-refractivity contribution in [3.63, 3.8) is 0 Å². The Balaban J connectivity index is 2.23. The van der Waals surface area contributed by atoms with Gasteiger partial charge in [0.15, 0.2) is 11.6 Å². The molecule has 0 aliphatic heterocycles. The molecule has 5 heteroatoms. The third-order valence-corrected chi connectivity index (χ3v) is 2.70. The van der Waals surface area contributed by atoms with E-state index in [-0.39, 0.29) is 5.56 Å². The second kappa shape index (κ2) is 4.63. The summed E-state index contributed by atoms with van der Waals surface area (Å²) in [6.45, 7) is 2.20. The Bertz CT molecular complexity index is 522. The Morgan fingerprint density at radius 3 is 2.82 bits per heavy atom. The van der Waals surface area contributed by atoms with Crippen molar-refractivity contribution >= 4 is 0 Å². The van der Waals surface area contributed by atoms with Crippen LogP contribution in [-0.4, -0.2) is 9.55 Å². The molecule has 0 saturated heterocycles. The topological polar surface area (TPSA) is 43.8 Å². The van der Waals surface area contributed by atoms with Crippen molar-refractivity contribution in [1.82, 2.24) is 9.55 Å². The highest BCUT2D eigenvalue weighted by molar-refractivity contribution is 5.22. The van der Waals surface area contributed by atoms with Crippen molar-refractivity contribution < 1.29 is 8.78 Å². The Kier molecular flexibility index (Phi) is 3.19. The van der Waals surface area contributed by atoms with Crippen molar-refractivity contribution in [3.05, 3.63) is 53.6 Å². The molecule has 1 unspecified atom stereocenters. The summed E-state index contributed by atoms with van der Waals surface area (Å²) in [5.74, 6) is -0.963. The van der Waals surface area contributed by atoms with Crippen LogP contribution in [0.15, 0.2) is 30.6 Å². The fourth-order valence-corrected chi connectivity index (χ4v) is 1.71. The molecular formula is C12H13F2N3. The number of hydrogen-bond donors (Lipinski definition) is 1. The van der Waals surface area contributed by atoms with Crippen LogP contribution in [0.5, 0.6) is 0 Å². The lowest BCUT2D eigenvalue weighted by Crippen LogP contribution is -2.19. The van der Waals surface area contributed by atoms with E-state index in [1.54, 1.807) is 17.0 Å². The Hall–Kier alpha value is -1.75. The third kappa shape index (κ3) is 2.34. The SMILES string of the molecule is Cc1nccn1CC(N)c1cccc(F)c1F. The lowest BCUT2D eigenvalue weighted by Gasteiger charge is -2.14. The van der Waals surface area contributed by atoms with Gasteiger partial charge in [-0.1, -0.05) is 12.1 Å². The maximum atomic E-state index is 13.5. The number of hydrogen-bond acceptors (Lipinski definition) is 2. The standard InChI is InChI=1S/C12H13F2N3/c1-8-16-5-6-17(8)7-11(15)9-3-2-4-10(13)12(9)14/h2-6,11H,7,15H2,1H3. The van der Waals surface area contributed by atoms with Gasteiger partial charge in [0.1, 0.15) is 5.82 Å². The van der Waals surface area contributed by atoms with E-state index in [0.717, 1.165) is 11.9 Å². The van der Waals surface area contributed by atoms with Crippen molar-refractivity contribution in [2.75, 3.05) is 0 Å². The smallest absolute Gasteiger partial charge is 0.163 e. The first-order chi connectivity index (χ1) is 8.09. The molecule has 0 saturated carbocycles. The van der Waals surface area contributed by atoms with Crippen molar-refractivity contribution in [2.45, 2.75) is 19.5 Å². The van der Waals surface area contributed by atoms with Crippen molar-refractivity contribution in [1.29, 1.82) is 0 Å². The van der Waals surface area contributed by atoms with Crippen molar-refractivity contribution in [2.24, 2.45) is 5.73 Å². The molecule has 1 aromatic carbocycles. The van der Waals surface area contributed by atoms with Crippen LogP contribution in [0.25, 0.3) is 0 Å². The maximum Gasteiger partial charge on any atom is 0.163 e. The molecule has 1 atom stereocenters. The van der Waals surface area contributed by atoms with Gasteiger partial charge in [-0.05, 0) is 13.0 Å². The van der Waals surface area contributed by atoms with Gasteiger partial charge in [-0.25, -0.2) is 13.8 Å². The number of benzene rings is 1. The van der Waals surface area contributed by atoms with E-state index < -0.39 is 17.7 Å². The fraction of sp³-hybridized carbons (Fsp3) is 0.250. The summed E-state index contributed by atoms with van der Waals surface area (Å²) in [5, 5.41) is 0. The van der Waals surface area contributed by atoms with Crippen LogP contribution in [0.2, 0.25) is 0 Å². The van der Waals surface area contributed by atoms with E-state index >= 15 is 0 Å². The highest BCUT2D eigenvalue weighted by atomic mass is 19.2. The quantitative estimate of drug-likeness (QED) is 0.889. The first kappa shape index (κ1) is 11.7. The third-order valence-electron chi connectivity index (χ3n) is 2.70. The Labute approximate surface area is 97.9 Å². The molecule has 0 bridgehead atoms. The molecule has 17 heavy (non-hydrogen) atoms. The predicted octanol–water partition coefficient (Wildman–Crippen LogP) is 2.17. The molecule has 90 valence electrons. The van der Waals surface area contributed by atoms with Crippen LogP contribution >= 0.6 is 0 Å². The molecule has 0 fully saturated rings. The van der Waals surface area contributed by atoms with Crippen molar-refractivity contribution in [3.8, 4) is 0 Å². The van der Waals surface area contributed by atoms with Gasteiger partial charge in [-0.2, -0.15) is 0 Å². The van der Waals surface area contributed by atoms with Crippen LogP contribution in [0.4, 0.5) is 8.78 Å². The first-order valence-corrected chi connectivity index (χ1v) is 5.27. The minimum Gasteiger partial charge on any atom is -0.333 e. The average molecular weight is 237 g/mol. The van der Waals surface area contributed by atoms with Gasteiger partial charge in [0.25, 0.3) is 0 Å². The van der Waals surface area contributed by atoms with Crippen LogP contribution in [0.3, 0.4) is 0 Å². The molecule has 2 rings (SSSR count). The number of aromatic nitrogens is 2. The number of halogens is 2. The number of rotatable bonds is 3. The fourth-order valence-electron chi connectivity index (χ4n) is 1.71. The zero-order chi connectivity index (χ0) is 12.4. The largest absolute Gasteiger partial charge is 0.333 e. The molecule has 0 radical (unpaired) electrons. The van der Waals surface area contributed by atoms with Gasteiger partial charge in [0.05, 0.1) is 6.04 Å². The van der Waals surface area contributed by atoms with E-state index in [4.69, 9.17) is 5.73 Å². The van der Waals surface area contributed by atoms with Gasteiger partial charge in [-0.3, -0.25) is 0 Å². The summed E-state index contributed by atoms with van der Waals surface area (Å²) in [5.41, 5.74) is 6.05. The molecule has 0 aliphatic rings. The highest BCUT2D eigenvalue weighted by Crippen LogP contribution is 2.19. The highest BCUT2D eigenvalue weighted by Gasteiger charge is 2.15. The van der Waals surface area contributed by atoms with E-state index in [1.807, 2.05) is 6.92 Å². The second-order valence-corrected chi connectivity index (χ2v) is 3.88. The molecule has 0 spiro atoms.